The molecule has 19 heteroatoms. The van der Waals surface area contributed by atoms with Crippen molar-refractivity contribution in [2.75, 3.05) is 39.6 Å². The van der Waals surface area contributed by atoms with Crippen LogP contribution in [0.5, 0.6) is 0 Å². The van der Waals surface area contributed by atoms with Gasteiger partial charge in [-0.25, -0.2) is 9.13 Å². The van der Waals surface area contributed by atoms with Crippen LogP contribution in [0.2, 0.25) is 0 Å². The quantitative estimate of drug-likeness (QED) is 0.0222. The van der Waals surface area contributed by atoms with Crippen LogP contribution in [0.3, 0.4) is 0 Å². The predicted molar refractivity (Wildman–Crippen MR) is 358 cm³/mol. The molecule has 0 saturated heterocycles. The van der Waals surface area contributed by atoms with E-state index in [0.29, 0.717) is 25.7 Å². The van der Waals surface area contributed by atoms with Crippen LogP contribution in [0.1, 0.15) is 356 Å². The van der Waals surface area contributed by atoms with Gasteiger partial charge in [0.15, 0.2) is 12.2 Å². The molecule has 0 aliphatic heterocycles. The molecule has 0 heterocycles. The van der Waals surface area contributed by atoms with Crippen LogP contribution in [-0.4, -0.2) is 96.7 Å². The van der Waals surface area contributed by atoms with E-state index in [1.54, 1.807) is 0 Å². The molecular formula is C70H136O17P2. The first-order chi connectivity index (χ1) is 42.9. The van der Waals surface area contributed by atoms with Crippen molar-refractivity contribution in [3.05, 3.63) is 0 Å². The maximum absolute atomic E-state index is 13.0. The van der Waals surface area contributed by atoms with E-state index >= 15 is 0 Å². The Morgan fingerprint density at radius 1 is 0.315 bits per heavy atom. The summed E-state index contributed by atoms with van der Waals surface area (Å²) in [4.78, 5) is 72.4. The predicted octanol–water partition coefficient (Wildman–Crippen LogP) is 20.0. The molecule has 0 spiro atoms. The molecule has 4 unspecified atom stereocenters. The second-order valence-corrected chi connectivity index (χ2v) is 28.7. The summed E-state index contributed by atoms with van der Waals surface area (Å²) in [6.45, 7) is 9.44. The van der Waals surface area contributed by atoms with Gasteiger partial charge in [-0.05, 0) is 37.5 Å². The third-order valence-electron chi connectivity index (χ3n) is 16.9. The number of ether oxygens (including phenoxy) is 4. The number of phosphoric acid groups is 2. The summed E-state index contributed by atoms with van der Waals surface area (Å²) in [7, 11) is -9.90. The summed E-state index contributed by atoms with van der Waals surface area (Å²) in [5.74, 6) is -0.680. The van der Waals surface area contributed by atoms with Crippen molar-refractivity contribution in [2.45, 2.75) is 374 Å². The van der Waals surface area contributed by atoms with Crippen molar-refractivity contribution in [3.63, 3.8) is 0 Å². The normalized spacial score (nSPS) is 14.8. The lowest BCUT2D eigenvalue weighted by atomic mass is 10.00. The molecule has 89 heavy (non-hydrogen) atoms. The van der Waals surface area contributed by atoms with Crippen molar-refractivity contribution < 1.29 is 80.2 Å². The molecule has 0 aromatic carbocycles. The topological polar surface area (TPSA) is 237 Å². The number of aliphatic hydroxyl groups excluding tert-OH is 1. The smallest absolute Gasteiger partial charge is 0.462 e. The van der Waals surface area contributed by atoms with Gasteiger partial charge in [0, 0.05) is 25.7 Å². The third kappa shape index (κ3) is 62.0. The lowest BCUT2D eigenvalue weighted by Crippen LogP contribution is -2.30. The highest BCUT2D eigenvalue weighted by molar-refractivity contribution is 7.47. The van der Waals surface area contributed by atoms with Gasteiger partial charge in [0.25, 0.3) is 0 Å². The molecule has 0 radical (unpaired) electrons. The van der Waals surface area contributed by atoms with E-state index in [4.69, 9.17) is 37.0 Å². The van der Waals surface area contributed by atoms with E-state index in [2.05, 4.69) is 41.5 Å². The maximum atomic E-state index is 13.0. The van der Waals surface area contributed by atoms with Crippen LogP contribution in [0.15, 0.2) is 0 Å². The minimum absolute atomic E-state index is 0.103. The molecule has 0 aliphatic rings. The zero-order chi connectivity index (χ0) is 65.7. The Kier molecular flexibility index (Phi) is 60.8. The van der Waals surface area contributed by atoms with Crippen molar-refractivity contribution in [3.8, 4) is 0 Å². The summed E-state index contributed by atoms with van der Waals surface area (Å²) in [5.41, 5.74) is 0. The first-order valence-corrected chi connectivity index (χ1v) is 39.6. The molecule has 0 fully saturated rings. The van der Waals surface area contributed by atoms with Crippen molar-refractivity contribution >= 4 is 39.5 Å². The molecule has 7 atom stereocenters. The SMILES string of the molecule is CCCCCCCCCCCCCCCCCCCCCCC(=O)O[C@H](COC(=O)CCCCCCCCC(C)CC)COP(=O)(O)OC[C@@H](O)COP(=O)(O)OC[C@@H](COC(=O)CCCCCCCCCCC)OC(=O)CCCCCCCCC(C)CC. The first-order valence-electron chi connectivity index (χ1n) is 36.6. The number of hydrogen-bond acceptors (Lipinski definition) is 15. The summed E-state index contributed by atoms with van der Waals surface area (Å²) >= 11 is 0. The fourth-order valence-corrected chi connectivity index (χ4v) is 12.1. The second-order valence-electron chi connectivity index (χ2n) is 25.8. The fraction of sp³-hybridized carbons (Fsp3) is 0.943. The molecule has 528 valence electrons. The summed E-state index contributed by atoms with van der Waals surface area (Å²) in [6, 6.07) is 0. The average Bonchev–Trinajstić information content (AvgIpc) is 3.71. The zero-order valence-corrected chi connectivity index (χ0v) is 59.5. The Bertz CT molecular complexity index is 1740. The average molecular weight is 1310 g/mol. The molecule has 17 nitrogen and oxygen atoms in total. The minimum Gasteiger partial charge on any atom is -0.462 e. The van der Waals surface area contributed by atoms with Crippen LogP contribution in [0, 0.1) is 11.8 Å². The number of rotatable bonds is 69. The Hall–Kier alpha value is -1.94. The number of carbonyl (C=O) groups excluding carboxylic acids is 4. The molecule has 0 aliphatic carbocycles. The largest absolute Gasteiger partial charge is 0.472 e. The van der Waals surface area contributed by atoms with E-state index < -0.39 is 97.5 Å². The van der Waals surface area contributed by atoms with E-state index in [0.717, 1.165) is 108 Å². The minimum atomic E-state index is -4.95. The van der Waals surface area contributed by atoms with Crippen molar-refractivity contribution in [1.82, 2.24) is 0 Å². The van der Waals surface area contributed by atoms with E-state index in [9.17, 15) is 43.2 Å². The number of carbonyl (C=O) groups is 4. The number of aliphatic hydroxyl groups is 1. The summed E-state index contributed by atoms with van der Waals surface area (Å²) in [5, 5.41) is 10.6. The molecule has 0 aromatic rings. The molecular weight excluding hydrogens is 1170 g/mol. The molecule has 0 aromatic heterocycles. The van der Waals surface area contributed by atoms with Crippen LogP contribution in [0.25, 0.3) is 0 Å². The standard InChI is InChI=1S/C70H136O17P2/c1-7-11-13-15-17-19-20-21-22-23-24-25-26-27-28-29-31-33-42-48-54-69(74)86-65(59-81-68(73)53-47-41-36-34-38-44-50-62(5)9-3)60-84-88(76,77)82-56-64(71)57-83-89(78,79)85-61-66(58-80-67(72)52-46-40-32-30-18-16-14-12-8-2)87-70(75)55-49-43-37-35-39-45-51-63(6)10-4/h62-66,71H,7-61H2,1-6H3,(H,76,77)(H,78,79)/t62?,63?,64-,65-,66-/m1/s1. The van der Waals surface area contributed by atoms with Gasteiger partial charge in [-0.3, -0.25) is 37.3 Å². The number of hydrogen-bond donors (Lipinski definition) is 3. The lowest BCUT2D eigenvalue weighted by Gasteiger charge is -2.21. The van der Waals surface area contributed by atoms with Gasteiger partial charge in [0.2, 0.25) is 0 Å². The van der Waals surface area contributed by atoms with Crippen molar-refractivity contribution in [2.24, 2.45) is 11.8 Å². The Balaban J connectivity index is 5.17. The second kappa shape index (κ2) is 62.2. The number of unbranched alkanes of at least 4 members (excludes halogenated alkanes) is 37. The fourth-order valence-electron chi connectivity index (χ4n) is 10.5. The van der Waals surface area contributed by atoms with Gasteiger partial charge in [-0.15, -0.1) is 0 Å². The van der Waals surface area contributed by atoms with E-state index in [1.807, 2.05) is 0 Å². The Labute approximate surface area is 543 Å². The number of esters is 4. The van der Waals surface area contributed by atoms with Crippen LogP contribution >= 0.6 is 15.6 Å². The molecule has 0 saturated carbocycles. The Morgan fingerprint density at radius 2 is 0.539 bits per heavy atom. The third-order valence-corrected chi connectivity index (χ3v) is 18.8. The van der Waals surface area contributed by atoms with E-state index in [1.165, 1.54) is 167 Å². The van der Waals surface area contributed by atoms with Crippen LogP contribution < -0.4 is 0 Å². The van der Waals surface area contributed by atoms with Gasteiger partial charge in [0.1, 0.15) is 19.3 Å². The zero-order valence-electron chi connectivity index (χ0n) is 57.7. The highest BCUT2D eigenvalue weighted by Gasteiger charge is 2.30. The first kappa shape index (κ1) is 87.1. The summed E-state index contributed by atoms with van der Waals surface area (Å²) < 4.78 is 68.2. The van der Waals surface area contributed by atoms with E-state index in [-0.39, 0.29) is 25.7 Å². The monoisotopic (exact) mass is 1310 g/mol. The van der Waals surface area contributed by atoms with Gasteiger partial charge in [0.05, 0.1) is 26.4 Å². The van der Waals surface area contributed by atoms with Gasteiger partial charge in [-0.1, -0.05) is 305 Å². The van der Waals surface area contributed by atoms with Gasteiger partial charge < -0.3 is 33.8 Å². The molecule has 0 amide bonds. The lowest BCUT2D eigenvalue weighted by molar-refractivity contribution is -0.161. The van der Waals surface area contributed by atoms with Crippen LogP contribution in [0.4, 0.5) is 0 Å². The molecule has 3 N–H and O–H groups in total. The van der Waals surface area contributed by atoms with Gasteiger partial charge in [-0.2, -0.15) is 0 Å². The molecule has 0 rings (SSSR count). The van der Waals surface area contributed by atoms with Gasteiger partial charge >= 0.3 is 39.5 Å². The molecule has 0 bridgehead atoms. The summed E-state index contributed by atoms with van der Waals surface area (Å²) in [6.07, 6.45) is 47.4. The van der Waals surface area contributed by atoms with Crippen LogP contribution in [-0.2, 0) is 65.4 Å². The maximum Gasteiger partial charge on any atom is 0.472 e. The Morgan fingerprint density at radius 3 is 0.798 bits per heavy atom. The number of phosphoric ester groups is 2. The van der Waals surface area contributed by atoms with Crippen molar-refractivity contribution in [1.29, 1.82) is 0 Å². The highest BCUT2D eigenvalue weighted by Crippen LogP contribution is 2.45. The highest BCUT2D eigenvalue weighted by atomic mass is 31.2.